The van der Waals surface area contributed by atoms with Gasteiger partial charge in [0.1, 0.15) is 11.4 Å². The molecule has 1 aromatic carbocycles. The molecule has 1 heterocycles. The number of ether oxygens (including phenoxy) is 1. The van der Waals surface area contributed by atoms with E-state index in [1.54, 1.807) is 23.5 Å². The highest BCUT2D eigenvalue weighted by atomic mass is 79.9. The smallest absolute Gasteiger partial charge is 0.296 e. The number of nitro benzene ring substituents is 1. The second kappa shape index (κ2) is 6.71. The number of hydrogen-bond donors (Lipinski definition) is 1. The van der Waals surface area contributed by atoms with Crippen LogP contribution in [0.5, 0.6) is 5.75 Å². The van der Waals surface area contributed by atoms with Crippen LogP contribution in [0.15, 0.2) is 33.4 Å². The van der Waals surface area contributed by atoms with Crippen LogP contribution in [-0.4, -0.2) is 11.5 Å². The number of thiophene rings is 1. The van der Waals surface area contributed by atoms with Gasteiger partial charge in [-0.05, 0) is 52.0 Å². The van der Waals surface area contributed by atoms with E-state index in [4.69, 9.17) is 4.74 Å². The fraction of sp³-hybridized carbons (Fsp3) is 0.231. The lowest BCUT2D eigenvalue weighted by Gasteiger charge is -2.08. The Kier molecular flexibility index (Phi) is 4.97. The highest BCUT2D eigenvalue weighted by Crippen LogP contribution is 2.30. The molecule has 5 nitrogen and oxygen atoms in total. The molecule has 0 saturated heterocycles. The first kappa shape index (κ1) is 14.8. The highest BCUT2D eigenvalue weighted by molar-refractivity contribution is 9.11. The van der Waals surface area contributed by atoms with Gasteiger partial charge in [-0.15, -0.1) is 11.3 Å². The molecule has 0 spiro atoms. The lowest BCUT2D eigenvalue weighted by atomic mass is 10.2. The molecule has 0 bridgehead atoms. The van der Waals surface area contributed by atoms with Crippen molar-refractivity contribution in [2.24, 2.45) is 0 Å². The molecular formula is C13H13BrN2O3S. The molecule has 0 fully saturated rings. The number of anilines is 1. The van der Waals surface area contributed by atoms with Crippen LogP contribution in [0.1, 0.15) is 12.5 Å². The van der Waals surface area contributed by atoms with Crippen LogP contribution in [0.4, 0.5) is 11.4 Å². The van der Waals surface area contributed by atoms with E-state index in [9.17, 15) is 10.1 Å². The topological polar surface area (TPSA) is 64.4 Å². The Morgan fingerprint density at radius 1 is 1.45 bits per heavy atom. The summed E-state index contributed by atoms with van der Waals surface area (Å²) in [4.78, 5) is 10.7. The van der Waals surface area contributed by atoms with E-state index in [-0.39, 0.29) is 5.69 Å². The van der Waals surface area contributed by atoms with Crippen molar-refractivity contribution < 1.29 is 9.66 Å². The fourth-order valence-corrected chi connectivity index (χ4v) is 2.91. The van der Waals surface area contributed by atoms with Crippen molar-refractivity contribution in [3.05, 3.63) is 49.1 Å². The van der Waals surface area contributed by atoms with Gasteiger partial charge in [-0.25, -0.2) is 0 Å². The molecule has 0 saturated carbocycles. The van der Waals surface area contributed by atoms with E-state index in [0.717, 1.165) is 9.35 Å². The van der Waals surface area contributed by atoms with Gasteiger partial charge in [0.2, 0.25) is 0 Å². The van der Waals surface area contributed by atoms with Gasteiger partial charge in [0, 0.05) is 6.54 Å². The van der Waals surface area contributed by atoms with Gasteiger partial charge in [-0.3, -0.25) is 10.1 Å². The Bertz CT molecular complexity index is 615. The molecule has 7 heteroatoms. The maximum absolute atomic E-state index is 11.1. The summed E-state index contributed by atoms with van der Waals surface area (Å²) in [5.41, 5.74) is 1.58. The Balaban J connectivity index is 2.15. The normalized spacial score (nSPS) is 10.3. The van der Waals surface area contributed by atoms with Crippen LogP contribution in [0.25, 0.3) is 0 Å². The van der Waals surface area contributed by atoms with E-state index in [1.807, 2.05) is 18.4 Å². The Hall–Kier alpha value is -1.60. The predicted octanol–water partition coefficient (Wildman–Crippen LogP) is 4.43. The number of nitrogens with one attached hydrogen (secondary N) is 1. The van der Waals surface area contributed by atoms with Crippen molar-refractivity contribution in [2.75, 3.05) is 11.9 Å². The standard InChI is InChI=1S/C13H13BrN2O3S/c1-2-19-10-3-4-11(12(6-10)16(17)18)15-7-9-5-13(14)20-8-9/h3-6,8,15H,2,7H2,1H3. The summed E-state index contributed by atoms with van der Waals surface area (Å²) < 4.78 is 6.32. The number of benzene rings is 1. The molecule has 0 aliphatic rings. The van der Waals surface area contributed by atoms with Gasteiger partial charge < -0.3 is 10.1 Å². The quantitative estimate of drug-likeness (QED) is 0.614. The molecule has 0 aliphatic carbocycles. The summed E-state index contributed by atoms with van der Waals surface area (Å²) in [6.45, 7) is 2.86. The predicted molar refractivity (Wildman–Crippen MR) is 83.6 cm³/mol. The summed E-state index contributed by atoms with van der Waals surface area (Å²) in [6, 6.07) is 6.82. The average molecular weight is 357 g/mol. The van der Waals surface area contributed by atoms with Gasteiger partial charge in [-0.2, -0.15) is 0 Å². The van der Waals surface area contributed by atoms with Crippen LogP contribution in [-0.2, 0) is 6.54 Å². The third-order valence-electron chi connectivity index (χ3n) is 2.58. The van der Waals surface area contributed by atoms with E-state index in [1.165, 1.54) is 6.07 Å². The van der Waals surface area contributed by atoms with Crippen LogP contribution >= 0.6 is 27.3 Å². The summed E-state index contributed by atoms with van der Waals surface area (Å²) in [5.74, 6) is 0.503. The van der Waals surface area contributed by atoms with Crippen LogP contribution in [0.2, 0.25) is 0 Å². The first-order valence-corrected chi connectivity index (χ1v) is 7.65. The van der Waals surface area contributed by atoms with E-state index in [0.29, 0.717) is 24.6 Å². The molecule has 0 amide bonds. The Labute approximate surface area is 128 Å². The van der Waals surface area contributed by atoms with Crippen molar-refractivity contribution in [2.45, 2.75) is 13.5 Å². The maximum Gasteiger partial charge on any atom is 0.296 e. The second-order valence-corrected chi connectivity index (χ2v) is 6.27. The summed E-state index contributed by atoms with van der Waals surface area (Å²) in [5, 5.41) is 16.2. The number of nitro groups is 1. The molecule has 0 unspecified atom stereocenters. The largest absolute Gasteiger partial charge is 0.494 e. The molecule has 1 N–H and O–H groups in total. The number of rotatable bonds is 6. The molecule has 2 aromatic rings. The minimum absolute atomic E-state index is 0.0187. The first-order valence-electron chi connectivity index (χ1n) is 5.98. The van der Waals surface area contributed by atoms with Gasteiger partial charge in [0.05, 0.1) is 21.4 Å². The zero-order chi connectivity index (χ0) is 14.5. The first-order chi connectivity index (χ1) is 9.60. The zero-order valence-corrected chi connectivity index (χ0v) is 13.2. The number of halogens is 1. The van der Waals surface area contributed by atoms with Crippen molar-refractivity contribution in [3.63, 3.8) is 0 Å². The molecule has 20 heavy (non-hydrogen) atoms. The molecule has 106 valence electrons. The Morgan fingerprint density at radius 2 is 2.25 bits per heavy atom. The average Bonchev–Trinajstić information content (AvgIpc) is 2.83. The Morgan fingerprint density at radius 3 is 2.85 bits per heavy atom. The van der Waals surface area contributed by atoms with Gasteiger partial charge in [0.25, 0.3) is 5.69 Å². The van der Waals surface area contributed by atoms with Gasteiger partial charge in [0.15, 0.2) is 0 Å². The molecule has 0 atom stereocenters. The third kappa shape index (κ3) is 3.71. The van der Waals surface area contributed by atoms with E-state index in [2.05, 4.69) is 21.2 Å². The molecular weight excluding hydrogens is 344 g/mol. The monoisotopic (exact) mass is 356 g/mol. The van der Waals surface area contributed by atoms with Crippen LogP contribution in [0, 0.1) is 10.1 Å². The van der Waals surface area contributed by atoms with Gasteiger partial charge >= 0.3 is 0 Å². The lowest BCUT2D eigenvalue weighted by Crippen LogP contribution is -2.02. The molecule has 0 aliphatic heterocycles. The number of nitrogens with zero attached hydrogens (tertiary/aromatic N) is 1. The van der Waals surface area contributed by atoms with Crippen molar-refractivity contribution >= 4 is 38.6 Å². The minimum atomic E-state index is -0.408. The summed E-state index contributed by atoms with van der Waals surface area (Å²) >= 11 is 4.97. The maximum atomic E-state index is 11.1. The van der Waals surface area contributed by atoms with Crippen molar-refractivity contribution in [1.29, 1.82) is 0 Å². The van der Waals surface area contributed by atoms with E-state index >= 15 is 0 Å². The molecule has 2 rings (SSSR count). The molecule has 1 aromatic heterocycles. The SMILES string of the molecule is CCOc1ccc(NCc2csc(Br)c2)c([N+](=O)[O-])c1. The fourth-order valence-electron chi connectivity index (χ4n) is 1.70. The zero-order valence-electron chi connectivity index (χ0n) is 10.8. The molecule has 0 radical (unpaired) electrons. The second-order valence-electron chi connectivity index (χ2n) is 3.98. The summed E-state index contributed by atoms with van der Waals surface area (Å²) in [6.07, 6.45) is 0. The summed E-state index contributed by atoms with van der Waals surface area (Å²) in [7, 11) is 0. The van der Waals surface area contributed by atoms with Crippen molar-refractivity contribution in [3.8, 4) is 5.75 Å². The van der Waals surface area contributed by atoms with E-state index < -0.39 is 4.92 Å². The van der Waals surface area contributed by atoms with Crippen LogP contribution in [0.3, 0.4) is 0 Å². The third-order valence-corrected chi connectivity index (χ3v) is 4.13. The highest BCUT2D eigenvalue weighted by Gasteiger charge is 2.15. The van der Waals surface area contributed by atoms with Crippen molar-refractivity contribution in [1.82, 2.24) is 0 Å². The number of hydrogen-bond acceptors (Lipinski definition) is 5. The minimum Gasteiger partial charge on any atom is -0.494 e. The van der Waals surface area contributed by atoms with Gasteiger partial charge in [-0.1, -0.05) is 0 Å². The van der Waals surface area contributed by atoms with Crippen LogP contribution < -0.4 is 10.1 Å². The lowest BCUT2D eigenvalue weighted by molar-refractivity contribution is -0.384.